The lowest BCUT2D eigenvalue weighted by molar-refractivity contribution is -0.131. The minimum Gasteiger partial charge on any atom is -0.418 e. The van der Waals surface area contributed by atoms with Crippen LogP contribution < -0.4 is 5.32 Å². The van der Waals surface area contributed by atoms with Crippen LogP contribution in [0.5, 0.6) is 0 Å². The molecule has 7 nitrogen and oxygen atoms in total. The number of halogens is 1. The molecule has 0 aliphatic carbocycles. The second-order valence-corrected chi connectivity index (χ2v) is 9.21. The average Bonchev–Trinajstić information content (AvgIpc) is 3.37. The molecule has 4 rings (SSSR count). The van der Waals surface area contributed by atoms with E-state index in [1.54, 1.807) is 6.92 Å². The molecule has 3 aromatic rings. The molecule has 1 saturated heterocycles. The van der Waals surface area contributed by atoms with Gasteiger partial charge >= 0.3 is 6.03 Å². The minimum atomic E-state index is -0.950. The second kappa shape index (κ2) is 7.48. The number of urea groups is 1. The lowest BCUT2D eigenvalue weighted by Gasteiger charge is -2.21. The third kappa shape index (κ3) is 3.72. The number of nitrogens with one attached hydrogen (secondary N) is 1. The molecule has 9 heteroatoms. The van der Waals surface area contributed by atoms with Crippen molar-refractivity contribution in [1.82, 2.24) is 20.4 Å². The van der Waals surface area contributed by atoms with E-state index >= 15 is 0 Å². The summed E-state index contributed by atoms with van der Waals surface area (Å²) in [6, 6.07) is 13.2. The van der Waals surface area contributed by atoms with E-state index in [2.05, 4.69) is 31.4 Å². The van der Waals surface area contributed by atoms with Crippen molar-refractivity contribution in [2.75, 3.05) is 0 Å². The summed E-state index contributed by atoms with van der Waals surface area (Å²) in [5, 5.41) is 10.8. The quantitative estimate of drug-likeness (QED) is 0.561. The number of rotatable bonds is 6. The van der Waals surface area contributed by atoms with Crippen LogP contribution in [0.4, 0.5) is 4.79 Å². The molecule has 3 heterocycles. The molecule has 144 valence electrons. The normalized spacial score (nSPS) is 19.3. The molecule has 1 aromatic carbocycles. The smallest absolute Gasteiger partial charge is 0.325 e. The van der Waals surface area contributed by atoms with Gasteiger partial charge in [-0.2, -0.15) is 0 Å². The van der Waals surface area contributed by atoms with Crippen molar-refractivity contribution in [2.45, 2.75) is 31.8 Å². The van der Waals surface area contributed by atoms with Gasteiger partial charge in [-0.15, -0.1) is 21.5 Å². The SMILES string of the molecule is CC1(CCc2ccccc2)NC(=O)N(Cc2nnc(-c3ccc(Br)s3)o2)C1=O. The van der Waals surface area contributed by atoms with Gasteiger partial charge < -0.3 is 9.73 Å². The van der Waals surface area contributed by atoms with Gasteiger partial charge in [0, 0.05) is 0 Å². The number of amides is 3. The van der Waals surface area contributed by atoms with E-state index in [0.717, 1.165) is 19.1 Å². The fourth-order valence-corrected chi connectivity index (χ4v) is 4.39. The van der Waals surface area contributed by atoms with Gasteiger partial charge in [-0.05, 0) is 53.4 Å². The maximum atomic E-state index is 12.9. The number of aryl methyl sites for hydroxylation is 1. The highest BCUT2D eigenvalue weighted by molar-refractivity contribution is 9.11. The first-order valence-electron chi connectivity index (χ1n) is 8.71. The van der Waals surface area contributed by atoms with Crippen molar-refractivity contribution < 1.29 is 14.0 Å². The predicted molar refractivity (Wildman–Crippen MR) is 108 cm³/mol. The van der Waals surface area contributed by atoms with Crippen molar-refractivity contribution in [3.05, 3.63) is 57.7 Å². The van der Waals surface area contributed by atoms with Crippen LogP contribution in [0.25, 0.3) is 10.8 Å². The summed E-state index contributed by atoms with van der Waals surface area (Å²) in [6.07, 6.45) is 1.20. The van der Waals surface area contributed by atoms with E-state index in [-0.39, 0.29) is 18.3 Å². The Balaban J connectivity index is 1.45. The van der Waals surface area contributed by atoms with Gasteiger partial charge in [0.15, 0.2) is 0 Å². The van der Waals surface area contributed by atoms with Crippen molar-refractivity contribution in [3.63, 3.8) is 0 Å². The van der Waals surface area contributed by atoms with Crippen LogP contribution in [-0.2, 0) is 17.8 Å². The van der Waals surface area contributed by atoms with Gasteiger partial charge in [0.2, 0.25) is 5.89 Å². The first-order chi connectivity index (χ1) is 13.4. The number of nitrogens with zero attached hydrogens (tertiary/aromatic N) is 3. The van der Waals surface area contributed by atoms with E-state index in [1.807, 2.05) is 42.5 Å². The summed E-state index contributed by atoms with van der Waals surface area (Å²) in [4.78, 5) is 27.2. The number of imide groups is 1. The van der Waals surface area contributed by atoms with Crippen molar-refractivity contribution in [3.8, 4) is 10.8 Å². The molecule has 1 aliphatic heterocycles. The average molecular weight is 461 g/mol. The fourth-order valence-electron chi connectivity index (χ4n) is 3.08. The highest BCUT2D eigenvalue weighted by Crippen LogP contribution is 2.31. The van der Waals surface area contributed by atoms with Crippen LogP contribution in [0.15, 0.2) is 50.7 Å². The molecule has 1 atom stereocenters. The Labute approximate surface area is 173 Å². The van der Waals surface area contributed by atoms with Crippen LogP contribution >= 0.6 is 27.3 Å². The Morgan fingerprint density at radius 1 is 1.18 bits per heavy atom. The van der Waals surface area contributed by atoms with Crippen molar-refractivity contribution in [1.29, 1.82) is 0 Å². The van der Waals surface area contributed by atoms with Gasteiger partial charge in [-0.1, -0.05) is 30.3 Å². The Kier molecular flexibility index (Phi) is 5.03. The predicted octanol–water partition coefficient (Wildman–Crippen LogP) is 4.00. The topological polar surface area (TPSA) is 88.3 Å². The lowest BCUT2D eigenvalue weighted by Crippen LogP contribution is -2.44. The molecule has 1 N–H and O–H groups in total. The molecule has 3 amide bonds. The Morgan fingerprint density at radius 3 is 2.68 bits per heavy atom. The molecular formula is C19H17BrN4O3S. The molecule has 0 bridgehead atoms. The van der Waals surface area contributed by atoms with Crippen LogP contribution in [-0.4, -0.2) is 32.6 Å². The first kappa shape index (κ1) is 18.8. The minimum absolute atomic E-state index is 0.0505. The number of benzene rings is 1. The number of hydrogen-bond donors (Lipinski definition) is 1. The number of aromatic nitrogens is 2. The highest BCUT2D eigenvalue weighted by atomic mass is 79.9. The molecule has 0 saturated carbocycles. The zero-order valence-electron chi connectivity index (χ0n) is 15.0. The van der Waals surface area contributed by atoms with E-state index in [4.69, 9.17) is 4.42 Å². The molecule has 1 fully saturated rings. The van der Waals surface area contributed by atoms with Gasteiger partial charge in [0.05, 0.1) is 8.66 Å². The number of carbonyl (C=O) groups is 2. The van der Waals surface area contributed by atoms with E-state index in [0.29, 0.717) is 18.7 Å². The highest BCUT2D eigenvalue weighted by Gasteiger charge is 2.47. The van der Waals surface area contributed by atoms with Crippen LogP contribution in [0.3, 0.4) is 0 Å². The molecule has 28 heavy (non-hydrogen) atoms. The van der Waals surface area contributed by atoms with Gasteiger partial charge in [0.25, 0.3) is 11.8 Å². The monoisotopic (exact) mass is 460 g/mol. The molecule has 1 aliphatic rings. The van der Waals surface area contributed by atoms with Gasteiger partial charge in [-0.3, -0.25) is 9.69 Å². The van der Waals surface area contributed by atoms with Gasteiger partial charge in [-0.25, -0.2) is 4.79 Å². The maximum Gasteiger partial charge on any atom is 0.325 e. The number of hydrogen-bond acceptors (Lipinski definition) is 6. The third-order valence-electron chi connectivity index (χ3n) is 4.65. The first-order valence-corrected chi connectivity index (χ1v) is 10.3. The molecule has 0 radical (unpaired) electrons. The summed E-state index contributed by atoms with van der Waals surface area (Å²) in [5.41, 5.74) is 0.168. The Hall–Kier alpha value is -2.52. The Bertz CT molecular complexity index is 1020. The van der Waals surface area contributed by atoms with E-state index in [9.17, 15) is 9.59 Å². The summed E-state index contributed by atoms with van der Waals surface area (Å²) >= 11 is 4.85. The van der Waals surface area contributed by atoms with E-state index in [1.165, 1.54) is 11.3 Å². The van der Waals surface area contributed by atoms with E-state index < -0.39 is 11.6 Å². The Morgan fingerprint density at radius 2 is 1.96 bits per heavy atom. The number of carbonyl (C=O) groups excluding carboxylic acids is 2. The molecule has 1 unspecified atom stereocenters. The summed E-state index contributed by atoms with van der Waals surface area (Å²) in [5.74, 6) is 0.298. The van der Waals surface area contributed by atoms with Crippen molar-refractivity contribution >= 4 is 39.2 Å². The van der Waals surface area contributed by atoms with Crippen LogP contribution in [0.2, 0.25) is 0 Å². The summed E-state index contributed by atoms with van der Waals surface area (Å²) < 4.78 is 6.58. The van der Waals surface area contributed by atoms with Crippen LogP contribution in [0.1, 0.15) is 24.8 Å². The standard InChI is InChI=1S/C19H17BrN4O3S/c1-19(10-9-12-5-3-2-4-6-12)17(25)24(18(26)21-19)11-15-22-23-16(27-15)13-7-8-14(20)28-13/h2-8H,9-11H2,1H3,(H,21,26). The summed E-state index contributed by atoms with van der Waals surface area (Å²) in [6.45, 7) is 1.70. The zero-order chi connectivity index (χ0) is 19.7. The van der Waals surface area contributed by atoms with Gasteiger partial charge in [0.1, 0.15) is 12.1 Å². The molecular weight excluding hydrogens is 444 g/mol. The van der Waals surface area contributed by atoms with Crippen molar-refractivity contribution in [2.24, 2.45) is 0 Å². The fraction of sp³-hybridized carbons (Fsp3) is 0.263. The maximum absolute atomic E-state index is 12.9. The third-order valence-corrected chi connectivity index (χ3v) is 6.26. The second-order valence-electron chi connectivity index (χ2n) is 6.74. The molecule has 0 spiro atoms. The molecule has 2 aromatic heterocycles. The summed E-state index contributed by atoms with van der Waals surface area (Å²) in [7, 11) is 0. The van der Waals surface area contributed by atoms with Crippen LogP contribution in [0, 0.1) is 0 Å². The number of thiophene rings is 1. The zero-order valence-corrected chi connectivity index (χ0v) is 17.4. The largest absolute Gasteiger partial charge is 0.418 e. The lowest BCUT2D eigenvalue weighted by atomic mass is 9.93.